The minimum Gasteiger partial charge on any atom is -0.480 e. The first-order valence-electron chi connectivity index (χ1n) is 6.52. The number of carboxylic acid groups (broad SMARTS) is 1. The van der Waals surface area contributed by atoms with E-state index in [1.807, 2.05) is 12.1 Å². The lowest BCUT2D eigenvalue weighted by Gasteiger charge is -2.19. The molecule has 2 rings (SSSR count). The molecule has 19 heavy (non-hydrogen) atoms. The highest BCUT2D eigenvalue weighted by Gasteiger charge is 2.19. The summed E-state index contributed by atoms with van der Waals surface area (Å²) in [4.78, 5) is 22.9. The van der Waals surface area contributed by atoms with E-state index in [-0.39, 0.29) is 5.91 Å². The molecule has 1 atom stereocenters. The summed E-state index contributed by atoms with van der Waals surface area (Å²) in [6, 6.07) is 4.61. The van der Waals surface area contributed by atoms with Gasteiger partial charge in [0.2, 0.25) is 0 Å². The van der Waals surface area contributed by atoms with Crippen LogP contribution in [0, 0.1) is 0 Å². The van der Waals surface area contributed by atoms with Gasteiger partial charge in [0.25, 0.3) is 5.91 Å². The Balaban J connectivity index is 2.13. The van der Waals surface area contributed by atoms with Gasteiger partial charge in [0.1, 0.15) is 6.04 Å². The fourth-order valence-electron chi connectivity index (χ4n) is 2.20. The van der Waals surface area contributed by atoms with Gasteiger partial charge in [-0.15, -0.1) is 0 Å². The Bertz CT molecular complexity index is 499. The van der Waals surface area contributed by atoms with Crippen LogP contribution in [0.15, 0.2) is 18.2 Å². The molecule has 1 aliphatic rings. The second-order valence-electron chi connectivity index (χ2n) is 4.67. The number of anilines is 1. The Labute approximate surface area is 112 Å². The van der Waals surface area contributed by atoms with E-state index in [4.69, 9.17) is 5.11 Å². The molecule has 102 valence electrons. The predicted molar refractivity (Wildman–Crippen MR) is 72.4 cm³/mol. The van der Waals surface area contributed by atoms with E-state index in [2.05, 4.69) is 10.6 Å². The maximum Gasteiger partial charge on any atom is 0.326 e. The van der Waals surface area contributed by atoms with Gasteiger partial charge in [-0.05, 0) is 43.0 Å². The number of hydrogen-bond donors (Lipinski definition) is 3. The monoisotopic (exact) mass is 262 g/mol. The summed E-state index contributed by atoms with van der Waals surface area (Å²) >= 11 is 0. The van der Waals surface area contributed by atoms with Gasteiger partial charge in [0.15, 0.2) is 0 Å². The minimum absolute atomic E-state index is 0.331. The van der Waals surface area contributed by atoms with Crippen molar-refractivity contribution < 1.29 is 14.7 Å². The van der Waals surface area contributed by atoms with Crippen molar-refractivity contribution in [2.45, 2.75) is 32.2 Å². The average Bonchev–Trinajstić information content (AvgIpc) is 2.43. The topological polar surface area (TPSA) is 78.4 Å². The number of carbonyl (C=O) groups excluding carboxylic acids is 1. The predicted octanol–water partition coefficient (Wildman–Crippen LogP) is 1.64. The van der Waals surface area contributed by atoms with Crippen LogP contribution in [0.3, 0.4) is 0 Å². The molecule has 1 heterocycles. The van der Waals surface area contributed by atoms with Gasteiger partial charge in [-0.2, -0.15) is 0 Å². The van der Waals surface area contributed by atoms with E-state index >= 15 is 0 Å². The Morgan fingerprint density at radius 3 is 2.95 bits per heavy atom. The minimum atomic E-state index is -1.00. The average molecular weight is 262 g/mol. The zero-order valence-corrected chi connectivity index (χ0v) is 10.9. The van der Waals surface area contributed by atoms with E-state index in [0.717, 1.165) is 30.6 Å². The van der Waals surface area contributed by atoms with Crippen LogP contribution < -0.4 is 10.6 Å². The molecule has 0 bridgehead atoms. The first kappa shape index (κ1) is 13.4. The van der Waals surface area contributed by atoms with Crippen LogP contribution in [0.1, 0.15) is 35.7 Å². The molecule has 0 saturated carbocycles. The molecular formula is C14H18N2O3. The third-order valence-corrected chi connectivity index (χ3v) is 3.32. The summed E-state index contributed by atoms with van der Waals surface area (Å²) in [5, 5.41) is 14.7. The van der Waals surface area contributed by atoms with Crippen LogP contribution in [0.25, 0.3) is 0 Å². The normalized spacial score (nSPS) is 15.0. The number of rotatable bonds is 4. The van der Waals surface area contributed by atoms with Crippen LogP contribution in [-0.4, -0.2) is 29.6 Å². The molecule has 5 heteroatoms. The standard InChI is InChI=1S/C14H18N2O3/c1-2-11(14(18)19)16-13(17)10-5-6-12-9(8-10)4-3-7-15-12/h5-6,8,11,15H,2-4,7H2,1H3,(H,16,17)(H,18,19)/t11-/m1/s1. The number of fused-ring (bicyclic) bond motifs is 1. The lowest BCUT2D eigenvalue weighted by Crippen LogP contribution is -2.40. The van der Waals surface area contributed by atoms with Crippen LogP contribution in [0.5, 0.6) is 0 Å². The van der Waals surface area contributed by atoms with E-state index < -0.39 is 12.0 Å². The quantitative estimate of drug-likeness (QED) is 0.770. The Morgan fingerprint density at radius 2 is 2.26 bits per heavy atom. The second-order valence-corrected chi connectivity index (χ2v) is 4.67. The Hall–Kier alpha value is -2.04. The van der Waals surface area contributed by atoms with Crippen molar-refractivity contribution in [1.82, 2.24) is 5.32 Å². The number of carboxylic acids is 1. The fourth-order valence-corrected chi connectivity index (χ4v) is 2.20. The number of nitrogens with one attached hydrogen (secondary N) is 2. The van der Waals surface area contributed by atoms with Gasteiger partial charge in [0, 0.05) is 17.8 Å². The zero-order valence-electron chi connectivity index (χ0n) is 10.9. The second kappa shape index (κ2) is 5.73. The fraction of sp³-hybridized carbons (Fsp3) is 0.429. The molecule has 3 N–H and O–H groups in total. The summed E-state index contributed by atoms with van der Waals surface area (Å²) < 4.78 is 0. The van der Waals surface area contributed by atoms with Gasteiger partial charge in [-0.3, -0.25) is 4.79 Å². The molecule has 0 fully saturated rings. The van der Waals surface area contributed by atoms with Crippen molar-refractivity contribution in [2.75, 3.05) is 11.9 Å². The van der Waals surface area contributed by atoms with E-state index in [1.165, 1.54) is 0 Å². The van der Waals surface area contributed by atoms with Gasteiger partial charge >= 0.3 is 5.97 Å². The van der Waals surface area contributed by atoms with Crippen molar-refractivity contribution in [3.05, 3.63) is 29.3 Å². The first-order valence-corrected chi connectivity index (χ1v) is 6.52. The van der Waals surface area contributed by atoms with Gasteiger partial charge in [-0.1, -0.05) is 6.92 Å². The molecule has 0 unspecified atom stereocenters. The smallest absolute Gasteiger partial charge is 0.326 e. The lowest BCUT2D eigenvalue weighted by atomic mass is 10.0. The Morgan fingerprint density at radius 1 is 1.47 bits per heavy atom. The first-order chi connectivity index (χ1) is 9.11. The Kier molecular flexibility index (Phi) is 4.04. The third kappa shape index (κ3) is 3.05. The molecule has 0 radical (unpaired) electrons. The third-order valence-electron chi connectivity index (χ3n) is 3.32. The van der Waals surface area contributed by atoms with Crippen molar-refractivity contribution in [1.29, 1.82) is 0 Å². The number of aryl methyl sites for hydroxylation is 1. The van der Waals surface area contributed by atoms with Gasteiger partial charge in [-0.25, -0.2) is 4.79 Å². The number of hydrogen-bond acceptors (Lipinski definition) is 3. The number of benzene rings is 1. The van der Waals surface area contributed by atoms with Gasteiger partial charge < -0.3 is 15.7 Å². The molecule has 1 aliphatic heterocycles. The van der Waals surface area contributed by atoms with E-state index in [9.17, 15) is 9.59 Å². The SMILES string of the molecule is CC[C@@H](NC(=O)c1ccc2c(c1)CCCN2)C(=O)O. The van der Waals surface area contributed by atoms with E-state index in [1.54, 1.807) is 13.0 Å². The van der Waals surface area contributed by atoms with Crippen molar-refractivity contribution in [2.24, 2.45) is 0 Å². The summed E-state index contributed by atoms with van der Waals surface area (Å²) in [5.41, 5.74) is 2.69. The largest absolute Gasteiger partial charge is 0.480 e. The zero-order chi connectivity index (χ0) is 13.8. The molecule has 1 aromatic carbocycles. The lowest BCUT2D eigenvalue weighted by molar-refractivity contribution is -0.139. The number of amides is 1. The summed E-state index contributed by atoms with van der Waals surface area (Å²) in [5.74, 6) is -1.34. The van der Waals surface area contributed by atoms with E-state index in [0.29, 0.717) is 12.0 Å². The van der Waals surface area contributed by atoms with Crippen molar-refractivity contribution in [3.63, 3.8) is 0 Å². The highest BCUT2D eigenvalue weighted by molar-refractivity contribution is 5.97. The number of aliphatic carboxylic acids is 1. The molecule has 0 aromatic heterocycles. The number of carbonyl (C=O) groups is 2. The maximum absolute atomic E-state index is 12.0. The van der Waals surface area contributed by atoms with Crippen LogP contribution in [0.2, 0.25) is 0 Å². The van der Waals surface area contributed by atoms with Gasteiger partial charge in [0.05, 0.1) is 0 Å². The summed E-state index contributed by atoms with van der Waals surface area (Å²) in [6.45, 7) is 2.69. The van der Waals surface area contributed by atoms with Crippen LogP contribution in [-0.2, 0) is 11.2 Å². The summed E-state index contributed by atoms with van der Waals surface area (Å²) in [7, 11) is 0. The molecule has 1 amide bonds. The molecule has 1 aromatic rings. The molecule has 5 nitrogen and oxygen atoms in total. The van der Waals surface area contributed by atoms with Crippen molar-refractivity contribution >= 4 is 17.6 Å². The molecule has 0 spiro atoms. The van der Waals surface area contributed by atoms with Crippen LogP contribution in [0.4, 0.5) is 5.69 Å². The molecule has 0 aliphatic carbocycles. The molecular weight excluding hydrogens is 244 g/mol. The van der Waals surface area contributed by atoms with Crippen molar-refractivity contribution in [3.8, 4) is 0 Å². The molecule has 0 saturated heterocycles. The van der Waals surface area contributed by atoms with Crippen LogP contribution >= 0.6 is 0 Å². The maximum atomic E-state index is 12.0. The summed E-state index contributed by atoms with van der Waals surface area (Å²) in [6.07, 6.45) is 2.36. The highest BCUT2D eigenvalue weighted by Crippen LogP contribution is 2.22. The highest BCUT2D eigenvalue weighted by atomic mass is 16.4.